The third-order valence-corrected chi connectivity index (χ3v) is 5.95. The molecule has 1 saturated heterocycles. The van der Waals surface area contributed by atoms with Crippen molar-refractivity contribution in [2.45, 2.75) is 32.7 Å². The van der Waals surface area contributed by atoms with Crippen molar-refractivity contribution >= 4 is 33.1 Å². The van der Waals surface area contributed by atoms with Crippen LogP contribution in [0.4, 0.5) is 5.69 Å². The maximum atomic E-state index is 12.3. The van der Waals surface area contributed by atoms with Gasteiger partial charge in [-0.05, 0) is 44.5 Å². The zero-order valence-corrected chi connectivity index (χ0v) is 15.1. The number of anilines is 1. The standard InChI is InChI=1S/C17H22N2O5S/c1-3-19(15-8-9-25(23,24)11-15)17(22)10-16(21)18-14-6-4-13(5-7-14)12(2)20/h4-7,15H,3,8-11H2,1-2H3,(H,18,21). The molecule has 2 rings (SSSR count). The molecule has 0 aliphatic carbocycles. The molecule has 2 amide bonds. The van der Waals surface area contributed by atoms with E-state index < -0.39 is 15.7 Å². The summed E-state index contributed by atoms with van der Waals surface area (Å²) in [6.45, 7) is 3.58. The van der Waals surface area contributed by atoms with Crippen molar-refractivity contribution < 1.29 is 22.8 Å². The molecule has 0 aromatic heterocycles. The van der Waals surface area contributed by atoms with Crippen molar-refractivity contribution in [3.63, 3.8) is 0 Å². The Labute approximate surface area is 147 Å². The lowest BCUT2D eigenvalue weighted by molar-refractivity contribution is -0.135. The number of carbonyl (C=O) groups excluding carboxylic acids is 3. The van der Waals surface area contributed by atoms with Crippen LogP contribution in [0.25, 0.3) is 0 Å². The van der Waals surface area contributed by atoms with Crippen LogP contribution >= 0.6 is 0 Å². The number of nitrogens with one attached hydrogen (secondary N) is 1. The number of nitrogens with zero attached hydrogens (tertiary/aromatic N) is 1. The molecule has 0 spiro atoms. The zero-order chi connectivity index (χ0) is 18.6. The van der Waals surface area contributed by atoms with Gasteiger partial charge in [0.05, 0.1) is 11.5 Å². The molecule has 136 valence electrons. The van der Waals surface area contributed by atoms with Crippen molar-refractivity contribution in [3.05, 3.63) is 29.8 Å². The summed E-state index contributed by atoms with van der Waals surface area (Å²) in [7, 11) is -3.09. The molecule has 0 saturated carbocycles. The Morgan fingerprint density at radius 2 is 1.84 bits per heavy atom. The first-order valence-electron chi connectivity index (χ1n) is 8.12. The summed E-state index contributed by atoms with van der Waals surface area (Å²) in [5.41, 5.74) is 1.03. The lowest BCUT2D eigenvalue weighted by Gasteiger charge is -2.26. The molecule has 1 aliphatic heterocycles. The van der Waals surface area contributed by atoms with Crippen molar-refractivity contribution in [1.29, 1.82) is 0 Å². The molecule has 1 atom stereocenters. The normalized spacial score (nSPS) is 18.6. The van der Waals surface area contributed by atoms with Crippen molar-refractivity contribution in [2.24, 2.45) is 0 Å². The van der Waals surface area contributed by atoms with Gasteiger partial charge in [-0.25, -0.2) is 8.42 Å². The minimum Gasteiger partial charge on any atom is -0.338 e. The van der Waals surface area contributed by atoms with E-state index in [2.05, 4.69) is 5.32 Å². The van der Waals surface area contributed by atoms with E-state index in [0.717, 1.165) is 0 Å². The fraction of sp³-hybridized carbons (Fsp3) is 0.471. The van der Waals surface area contributed by atoms with Gasteiger partial charge in [0.25, 0.3) is 0 Å². The van der Waals surface area contributed by atoms with Gasteiger partial charge in [-0.1, -0.05) is 0 Å². The number of ketones is 1. The minimum atomic E-state index is -3.09. The van der Waals surface area contributed by atoms with Gasteiger partial charge in [-0.2, -0.15) is 0 Å². The third-order valence-electron chi connectivity index (χ3n) is 4.20. The average Bonchev–Trinajstić information content (AvgIpc) is 2.88. The van der Waals surface area contributed by atoms with Crippen LogP contribution in [0.15, 0.2) is 24.3 Å². The molecule has 1 unspecified atom stereocenters. The lowest BCUT2D eigenvalue weighted by atomic mass is 10.1. The van der Waals surface area contributed by atoms with Crippen molar-refractivity contribution in [1.82, 2.24) is 4.90 Å². The first-order valence-corrected chi connectivity index (χ1v) is 9.94. The smallest absolute Gasteiger partial charge is 0.233 e. The number of benzene rings is 1. The minimum absolute atomic E-state index is 0.0410. The second-order valence-corrected chi connectivity index (χ2v) is 8.32. The summed E-state index contributed by atoms with van der Waals surface area (Å²) in [5, 5.41) is 2.61. The fourth-order valence-electron chi connectivity index (χ4n) is 2.89. The Morgan fingerprint density at radius 1 is 1.20 bits per heavy atom. The highest BCUT2D eigenvalue weighted by Gasteiger charge is 2.34. The van der Waals surface area contributed by atoms with Crippen LogP contribution in [0, 0.1) is 0 Å². The van der Waals surface area contributed by atoms with Gasteiger partial charge >= 0.3 is 0 Å². The van der Waals surface area contributed by atoms with Gasteiger partial charge in [-0.3, -0.25) is 14.4 Å². The molecule has 1 fully saturated rings. The SMILES string of the molecule is CCN(C(=O)CC(=O)Nc1ccc(C(C)=O)cc1)C1CCS(=O)(=O)C1. The highest BCUT2D eigenvalue weighted by Crippen LogP contribution is 2.18. The van der Waals surface area contributed by atoms with Crippen LogP contribution < -0.4 is 5.32 Å². The topological polar surface area (TPSA) is 101 Å². The van der Waals surface area contributed by atoms with E-state index in [-0.39, 0.29) is 35.7 Å². The molecule has 1 N–H and O–H groups in total. The molecular formula is C17H22N2O5S. The maximum absolute atomic E-state index is 12.3. The molecule has 1 aromatic carbocycles. The second kappa shape index (κ2) is 7.77. The summed E-state index contributed by atoms with van der Waals surface area (Å²) < 4.78 is 23.2. The molecular weight excluding hydrogens is 344 g/mol. The first kappa shape index (κ1) is 19.1. The number of amides is 2. The first-order chi connectivity index (χ1) is 11.7. The molecule has 1 aliphatic rings. The van der Waals surface area contributed by atoms with Gasteiger partial charge in [0.15, 0.2) is 15.6 Å². The highest BCUT2D eigenvalue weighted by atomic mass is 32.2. The van der Waals surface area contributed by atoms with Gasteiger partial charge < -0.3 is 10.2 Å². The van der Waals surface area contributed by atoms with E-state index in [4.69, 9.17) is 0 Å². The Morgan fingerprint density at radius 3 is 2.32 bits per heavy atom. The Bertz CT molecular complexity index is 771. The van der Waals surface area contributed by atoms with Crippen molar-refractivity contribution in [2.75, 3.05) is 23.4 Å². The molecule has 0 bridgehead atoms. The number of rotatable bonds is 6. The summed E-state index contributed by atoms with van der Waals surface area (Å²) in [6.07, 6.45) is 0.0644. The summed E-state index contributed by atoms with van der Waals surface area (Å²) in [5.74, 6) is -0.892. The van der Waals surface area contributed by atoms with Crippen LogP contribution in [0.1, 0.15) is 37.0 Å². The Kier molecular flexibility index (Phi) is 5.94. The predicted octanol–water partition coefficient (Wildman–Crippen LogP) is 1.25. The summed E-state index contributed by atoms with van der Waals surface area (Å²) >= 11 is 0. The van der Waals surface area contributed by atoms with E-state index >= 15 is 0 Å². The molecule has 1 heterocycles. The Balaban J connectivity index is 1.94. The Hall–Kier alpha value is -2.22. The summed E-state index contributed by atoms with van der Waals surface area (Å²) in [6, 6.07) is 6.04. The van der Waals surface area contributed by atoms with E-state index in [1.54, 1.807) is 31.2 Å². The van der Waals surface area contributed by atoms with Crippen LogP contribution in [-0.4, -0.2) is 55.0 Å². The number of hydrogen-bond acceptors (Lipinski definition) is 5. The fourth-order valence-corrected chi connectivity index (χ4v) is 4.62. The van der Waals surface area contributed by atoms with E-state index in [1.807, 2.05) is 0 Å². The monoisotopic (exact) mass is 366 g/mol. The molecule has 7 nitrogen and oxygen atoms in total. The van der Waals surface area contributed by atoms with Gasteiger partial charge in [0, 0.05) is 23.8 Å². The van der Waals surface area contributed by atoms with E-state index in [1.165, 1.54) is 11.8 Å². The average molecular weight is 366 g/mol. The molecule has 0 radical (unpaired) electrons. The van der Waals surface area contributed by atoms with Crippen molar-refractivity contribution in [3.8, 4) is 0 Å². The van der Waals surface area contributed by atoms with Crippen LogP contribution in [0.2, 0.25) is 0 Å². The largest absolute Gasteiger partial charge is 0.338 e. The lowest BCUT2D eigenvalue weighted by Crippen LogP contribution is -2.42. The van der Waals surface area contributed by atoms with Crippen LogP contribution in [-0.2, 0) is 19.4 Å². The number of Topliss-reactive ketones (excluding diaryl/α,β-unsaturated/α-hetero) is 1. The maximum Gasteiger partial charge on any atom is 0.233 e. The molecule has 25 heavy (non-hydrogen) atoms. The van der Waals surface area contributed by atoms with Crippen LogP contribution in [0.3, 0.4) is 0 Å². The second-order valence-electron chi connectivity index (χ2n) is 6.10. The molecule has 8 heteroatoms. The quantitative estimate of drug-likeness (QED) is 0.603. The van der Waals surface area contributed by atoms with E-state index in [0.29, 0.717) is 24.2 Å². The number of carbonyl (C=O) groups is 3. The summed E-state index contributed by atoms with van der Waals surface area (Å²) in [4.78, 5) is 37.1. The highest BCUT2D eigenvalue weighted by molar-refractivity contribution is 7.91. The predicted molar refractivity (Wildman–Crippen MR) is 94.1 cm³/mol. The number of hydrogen-bond donors (Lipinski definition) is 1. The third kappa shape index (κ3) is 5.12. The van der Waals surface area contributed by atoms with Gasteiger partial charge in [0.1, 0.15) is 6.42 Å². The molecule has 1 aromatic rings. The van der Waals surface area contributed by atoms with Crippen LogP contribution in [0.5, 0.6) is 0 Å². The zero-order valence-electron chi connectivity index (χ0n) is 14.3. The van der Waals surface area contributed by atoms with Gasteiger partial charge in [-0.15, -0.1) is 0 Å². The van der Waals surface area contributed by atoms with E-state index in [9.17, 15) is 22.8 Å². The number of sulfone groups is 1. The van der Waals surface area contributed by atoms with Gasteiger partial charge in [0.2, 0.25) is 11.8 Å².